The van der Waals surface area contributed by atoms with E-state index >= 15 is 0 Å². The van der Waals surface area contributed by atoms with Crippen LogP contribution in [0.1, 0.15) is 45.1 Å². The minimum Gasteiger partial charge on any atom is -0.494 e. The molecule has 0 saturated carbocycles. The lowest BCUT2D eigenvalue weighted by Gasteiger charge is -2.30. The third-order valence-corrected chi connectivity index (χ3v) is 8.02. The van der Waals surface area contributed by atoms with E-state index in [1.54, 1.807) is 6.20 Å². The summed E-state index contributed by atoms with van der Waals surface area (Å²) < 4.78 is 31.7. The van der Waals surface area contributed by atoms with Crippen LogP contribution in [0.2, 0.25) is 0 Å². The first-order valence-electron chi connectivity index (χ1n) is 11.2. The van der Waals surface area contributed by atoms with Gasteiger partial charge in [-0.2, -0.15) is 0 Å². The summed E-state index contributed by atoms with van der Waals surface area (Å²) in [6.45, 7) is 6.57. The van der Waals surface area contributed by atoms with Crippen molar-refractivity contribution in [1.82, 2.24) is 14.5 Å². The molecule has 0 aliphatic carbocycles. The second kappa shape index (κ2) is 9.52. The van der Waals surface area contributed by atoms with E-state index in [9.17, 15) is 8.42 Å². The molecule has 2 aliphatic rings. The van der Waals surface area contributed by atoms with E-state index in [0.29, 0.717) is 19.4 Å². The van der Waals surface area contributed by atoms with Gasteiger partial charge in [0.25, 0.3) is 0 Å². The summed E-state index contributed by atoms with van der Waals surface area (Å²) in [7, 11) is -2.87. The molecule has 2 fully saturated rings. The van der Waals surface area contributed by atoms with Crippen molar-refractivity contribution < 1.29 is 13.2 Å². The van der Waals surface area contributed by atoms with Crippen molar-refractivity contribution in [3.8, 4) is 17.1 Å². The first-order chi connectivity index (χ1) is 14.5. The largest absolute Gasteiger partial charge is 0.494 e. The number of benzene rings is 1. The molecule has 6 nitrogen and oxygen atoms in total. The molecular formula is C23H33N3O3S. The summed E-state index contributed by atoms with van der Waals surface area (Å²) in [6, 6.07) is 8.26. The molecule has 0 bridgehead atoms. The number of imidazole rings is 1. The molecule has 2 aromatic rings. The highest BCUT2D eigenvalue weighted by molar-refractivity contribution is 7.91. The SMILES string of the molecule is CC1CCCN(CCCOc2cccc(-c3nccn3C3CCS(=O)(=O)CC3)c2)C1. The number of nitrogens with zero attached hydrogens (tertiary/aromatic N) is 3. The molecule has 1 atom stereocenters. The minimum atomic E-state index is -2.87. The molecule has 7 heteroatoms. The maximum atomic E-state index is 11.8. The first kappa shape index (κ1) is 21.4. The molecule has 4 rings (SSSR count). The zero-order chi connectivity index (χ0) is 21.0. The van der Waals surface area contributed by atoms with Gasteiger partial charge in [-0.25, -0.2) is 13.4 Å². The maximum Gasteiger partial charge on any atom is 0.150 e. The van der Waals surface area contributed by atoms with Crippen LogP contribution < -0.4 is 4.74 Å². The molecule has 1 aromatic heterocycles. The van der Waals surface area contributed by atoms with E-state index in [2.05, 4.69) is 21.4 Å². The molecular weight excluding hydrogens is 398 g/mol. The van der Waals surface area contributed by atoms with Gasteiger partial charge in [0.15, 0.2) is 0 Å². The Balaban J connectivity index is 1.34. The van der Waals surface area contributed by atoms with Gasteiger partial charge < -0.3 is 14.2 Å². The highest BCUT2D eigenvalue weighted by Crippen LogP contribution is 2.30. The van der Waals surface area contributed by atoms with Gasteiger partial charge in [0.1, 0.15) is 21.4 Å². The Kier molecular flexibility index (Phi) is 6.78. The summed E-state index contributed by atoms with van der Waals surface area (Å²) in [5, 5.41) is 0. The van der Waals surface area contributed by atoms with Crippen molar-refractivity contribution in [3.63, 3.8) is 0 Å². The van der Waals surface area contributed by atoms with Gasteiger partial charge in [-0.05, 0) is 56.7 Å². The van der Waals surface area contributed by atoms with Crippen LogP contribution in [0.15, 0.2) is 36.7 Å². The van der Waals surface area contributed by atoms with Gasteiger partial charge in [-0.3, -0.25) is 0 Å². The second-order valence-corrected chi connectivity index (χ2v) is 11.1. The fraction of sp³-hybridized carbons (Fsp3) is 0.609. The van der Waals surface area contributed by atoms with E-state index in [1.807, 2.05) is 30.5 Å². The van der Waals surface area contributed by atoms with E-state index in [0.717, 1.165) is 36.0 Å². The minimum absolute atomic E-state index is 0.183. The number of ether oxygens (including phenoxy) is 1. The monoisotopic (exact) mass is 431 g/mol. The quantitative estimate of drug-likeness (QED) is 0.624. The summed E-state index contributed by atoms with van der Waals surface area (Å²) in [5.74, 6) is 3.07. The van der Waals surface area contributed by atoms with Gasteiger partial charge >= 0.3 is 0 Å². The fourth-order valence-corrected chi connectivity index (χ4v) is 6.15. The van der Waals surface area contributed by atoms with Crippen LogP contribution in [-0.4, -0.2) is 60.6 Å². The molecule has 3 heterocycles. The lowest BCUT2D eigenvalue weighted by atomic mass is 10.0. The zero-order valence-electron chi connectivity index (χ0n) is 17.9. The van der Waals surface area contributed by atoms with Crippen molar-refractivity contribution in [2.45, 2.75) is 45.1 Å². The molecule has 1 aromatic carbocycles. The number of piperidine rings is 1. The molecule has 0 N–H and O–H groups in total. The smallest absolute Gasteiger partial charge is 0.150 e. The third-order valence-electron chi connectivity index (χ3n) is 6.31. The van der Waals surface area contributed by atoms with Crippen molar-refractivity contribution in [1.29, 1.82) is 0 Å². The lowest BCUT2D eigenvalue weighted by molar-refractivity contribution is 0.170. The zero-order valence-corrected chi connectivity index (χ0v) is 18.7. The summed E-state index contributed by atoms with van der Waals surface area (Å²) in [5.41, 5.74) is 1.01. The number of likely N-dealkylation sites (tertiary alicyclic amines) is 1. The summed E-state index contributed by atoms with van der Waals surface area (Å²) in [4.78, 5) is 7.11. The Morgan fingerprint density at radius 1 is 1.20 bits per heavy atom. The Labute approximate surface area is 180 Å². The van der Waals surface area contributed by atoms with Crippen LogP contribution in [0.5, 0.6) is 5.75 Å². The van der Waals surface area contributed by atoms with E-state index in [-0.39, 0.29) is 17.5 Å². The second-order valence-electron chi connectivity index (χ2n) is 8.82. The van der Waals surface area contributed by atoms with Crippen LogP contribution >= 0.6 is 0 Å². The predicted octanol–water partition coefficient (Wildman–Crippen LogP) is 3.80. The normalized spacial score (nSPS) is 22.8. The molecule has 0 spiro atoms. The lowest BCUT2D eigenvalue weighted by Crippen LogP contribution is -2.35. The third kappa shape index (κ3) is 5.43. The van der Waals surface area contributed by atoms with E-state index in [1.165, 1.54) is 25.9 Å². The van der Waals surface area contributed by atoms with Gasteiger partial charge in [0, 0.05) is 37.1 Å². The number of hydrogen-bond donors (Lipinski definition) is 0. The predicted molar refractivity (Wildman–Crippen MR) is 120 cm³/mol. The Morgan fingerprint density at radius 2 is 2.03 bits per heavy atom. The Bertz CT molecular complexity index is 927. The molecule has 0 amide bonds. The van der Waals surface area contributed by atoms with Gasteiger partial charge in [0.05, 0.1) is 18.1 Å². The standard InChI is InChI=1S/C23H33N3O3S/c1-19-5-3-11-25(18-19)12-4-14-29-22-7-2-6-20(17-22)23-24-10-13-26(23)21-8-15-30(27,28)16-9-21/h2,6-7,10,13,17,19,21H,3-5,8-9,11-12,14-16,18H2,1H3. The number of aromatic nitrogens is 2. The highest BCUT2D eigenvalue weighted by Gasteiger charge is 2.26. The van der Waals surface area contributed by atoms with Crippen molar-refractivity contribution in [2.75, 3.05) is 37.7 Å². The molecule has 1 unspecified atom stereocenters. The van der Waals surface area contributed by atoms with Gasteiger partial charge in [-0.15, -0.1) is 0 Å². The van der Waals surface area contributed by atoms with E-state index < -0.39 is 9.84 Å². The fourth-order valence-electron chi connectivity index (χ4n) is 4.68. The summed E-state index contributed by atoms with van der Waals surface area (Å²) in [6.07, 6.45) is 8.75. The van der Waals surface area contributed by atoms with E-state index in [4.69, 9.17) is 4.74 Å². The first-order valence-corrected chi connectivity index (χ1v) is 13.0. The van der Waals surface area contributed by atoms with Crippen LogP contribution in [0.25, 0.3) is 11.4 Å². The summed E-state index contributed by atoms with van der Waals surface area (Å²) >= 11 is 0. The van der Waals surface area contributed by atoms with Crippen molar-refractivity contribution in [2.24, 2.45) is 5.92 Å². The van der Waals surface area contributed by atoms with Crippen molar-refractivity contribution in [3.05, 3.63) is 36.7 Å². The van der Waals surface area contributed by atoms with Crippen molar-refractivity contribution >= 4 is 9.84 Å². The molecule has 164 valence electrons. The number of sulfone groups is 1. The molecule has 0 radical (unpaired) electrons. The van der Waals surface area contributed by atoms with Crippen LogP contribution in [0, 0.1) is 5.92 Å². The van der Waals surface area contributed by atoms with Gasteiger partial charge in [0.2, 0.25) is 0 Å². The maximum absolute atomic E-state index is 11.8. The highest BCUT2D eigenvalue weighted by atomic mass is 32.2. The average Bonchev–Trinajstić information content (AvgIpc) is 3.21. The average molecular weight is 432 g/mol. The number of rotatable bonds is 7. The van der Waals surface area contributed by atoms with Crippen LogP contribution in [0.4, 0.5) is 0 Å². The topological polar surface area (TPSA) is 64.4 Å². The number of hydrogen-bond acceptors (Lipinski definition) is 5. The van der Waals surface area contributed by atoms with Crippen LogP contribution in [0.3, 0.4) is 0 Å². The Morgan fingerprint density at radius 3 is 2.83 bits per heavy atom. The van der Waals surface area contributed by atoms with Gasteiger partial charge in [-0.1, -0.05) is 19.1 Å². The van der Waals surface area contributed by atoms with Crippen LogP contribution in [-0.2, 0) is 9.84 Å². The Hall–Kier alpha value is -1.86. The molecule has 30 heavy (non-hydrogen) atoms. The molecule has 2 aliphatic heterocycles. The molecule has 2 saturated heterocycles.